The zero-order valence-electron chi connectivity index (χ0n) is 10.9. The number of nitrogens with one attached hydrogen (secondary N) is 1. The van der Waals surface area contributed by atoms with Crippen molar-refractivity contribution >= 4 is 11.9 Å². The van der Waals surface area contributed by atoms with E-state index >= 15 is 0 Å². The summed E-state index contributed by atoms with van der Waals surface area (Å²) in [6.45, 7) is 0.989. The number of carboxylic acid groups (broad SMARTS) is 1. The fourth-order valence-corrected chi connectivity index (χ4v) is 2.31. The van der Waals surface area contributed by atoms with Crippen molar-refractivity contribution in [2.75, 3.05) is 20.1 Å². The van der Waals surface area contributed by atoms with Gasteiger partial charge in [-0.3, -0.25) is 9.59 Å². The summed E-state index contributed by atoms with van der Waals surface area (Å²) in [5, 5.41) is 12.4. The Bertz CT molecular complexity index is 461. The molecule has 19 heavy (non-hydrogen) atoms. The predicted molar refractivity (Wildman–Crippen MR) is 70.9 cm³/mol. The highest BCUT2D eigenvalue weighted by Gasteiger charge is 2.30. The Kier molecular flexibility index (Phi) is 4.16. The molecular formula is C14H18N2O3. The lowest BCUT2D eigenvalue weighted by molar-refractivity contribution is -0.139. The Balaban J connectivity index is 1.99. The smallest absolute Gasteiger partial charge is 0.312 e. The van der Waals surface area contributed by atoms with E-state index in [2.05, 4.69) is 5.32 Å². The van der Waals surface area contributed by atoms with Crippen LogP contribution in [0.4, 0.5) is 0 Å². The van der Waals surface area contributed by atoms with Gasteiger partial charge >= 0.3 is 5.97 Å². The summed E-state index contributed by atoms with van der Waals surface area (Å²) < 4.78 is 0. The van der Waals surface area contributed by atoms with Crippen molar-refractivity contribution in [3.8, 4) is 0 Å². The molecule has 1 fully saturated rings. The van der Waals surface area contributed by atoms with Crippen molar-refractivity contribution in [3.05, 3.63) is 35.9 Å². The zero-order chi connectivity index (χ0) is 13.8. The van der Waals surface area contributed by atoms with E-state index in [1.807, 2.05) is 18.2 Å². The number of amides is 1. The molecule has 1 aromatic rings. The molecule has 5 heteroatoms. The molecule has 2 N–H and O–H groups in total. The topological polar surface area (TPSA) is 69.6 Å². The van der Waals surface area contributed by atoms with Gasteiger partial charge in [-0.2, -0.15) is 0 Å². The summed E-state index contributed by atoms with van der Waals surface area (Å²) in [7, 11) is 1.76. The highest BCUT2D eigenvalue weighted by molar-refractivity contribution is 5.84. The van der Waals surface area contributed by atoms with Gasteiger partial charge in [-0.15, -0.1) is 0 Å². The number of carboxylic acids is 1. The van der Waals surface area contributed by atoms with Gasteiger partial charge in [-0.05, 0) is 12.0 Å². The van der Waals surface area contributed by atoms with Gasteiger partial charge in [0.2, 0.25) is 5.91 Å². The van der Waals surface area contributed by atoms with Gasteiger partial charge in [0.15, 0.2) is 0 Å². The summed E-state index contributed by atoms with van der Waals surface area (Å²) in [4.78, 5) is 24.7. The fraction of sp³-hybridized carbons (Fsp3) is 0.429. The van der Waals surface area contributed by atoms with E-state index < -0.39 is 11.9 Å². The number of hydrogen-bond acceptors (Lipinski definition) is 3. The van der Waals surface area contributed by atoms with Crippen LogP contribution in [0.2, 0.25) is 0 Å². The van der Waals surface area contributed by atoms with Gasteiger partial charge in [-0.1, -0.05) is 30.3 Å². The van der Waals surface area contributed by atoms with Crippen LogP contribution in [0.1, 0.15) is 17.9 Å². The Morgan fingerprint density at radius 2 is 2.16 bits per heavy atom. The number of likely N-dealkylation sites (tertiary alicyclic amines) is 1. The summed E-state index contributed by atoms with van der Waals surface area (Å²) in [6, 6.07) is 8.83. The lowest BCUT2D eigenvalue weighted by Gasteiger charge is -2.17. The molecule has 1 aliphatic heterocycles. The van der Waals surface area contributed by atoms with Crippen LogP contribution < -0.4 is 5.32 Å². The maximum atomic E-state index is 11.7. The van der Waals surface area contributed by atoms with Crippen LogP contribution in [-0.4, -0.2) is 48.1 Å². The molecule has 1 amide bonds. The minimum atomic E-state index is -0.877. The zero-order valence-corrected chi connectivity index (χ0v) is 10.9. The molecule has 2 unspecified atom stereocenters. The van der Waals surface area contributed by atoms with E-state index in [0.29, 0.717) is 0 Å². The van der Waals surface area contributed by atoms with E-state index in [0.717, 1.165) is 18.5 Å². The molecule has 1 saturated heterocycles. The van der Waals surface area contributed by atoms with Gasteiger partial charge in [-0.25, -0.2) is 0 Å². The quantitative estimate of drug-likeness (QED) is 0.818. The van der Waals surface area contributed by atoms with E-state index in [1.165, 1.54) is 0 Å². The lowest BCUT2D eigenvalue weighted by Crippen LogP contribution is -2.40. The maximum Gasteiger partial charge on any atom is 0.312 e. The molecule has 5 nitrogen and oxygen atoms in total. The van der Waals surface area contributed by atoms with Gasteiger partial charge in [0.05, 0.1) is 12.0 Å². The number of rotatable bonds is 5. The Morgan fingerprint density at radius 1 is 1.47 bits per heavy atom. The molecule has 102 valence electrons. The first-order chi connectivity index (χ1) is 9.09. The van der Waals surface area contributed by atoms with Crippen LogP contribution in [0.3, 0.4) is 0 Å². The van der Waals surface area contributed by atoms with Crippen LogP contribution in [0.25, 0.3) is 0 Å². The molecule has 2 atom stereocenters. The summed E-state index contributed by atoms with van der Waals surface area (Å²) in [5.74, 6) is -1.46. The molecule has 0 saturated carbocycles. The minimum absolute atomic E-state index is 0.0391. The minimum Gasteiger partial charge on any atom is -0.481 e. The predicted octanol–water partition coefficient (Wildman–Crippen LogP) is 0.675. The number of likely N-dealkylation sites (N-methyl/N-ethyl adjacent to an activating group) is 1. The van der Waals surface area contributed by atoms with Gasteiger partial charge in [0, 0.05) is 20.1 Å². The van der Waals surface area contributed by atoms with Gasteiger partial charge in [0.25, 0.3) is 0 Å². The normalized spacial score (nSPS) is 20.6. The Morgan fingerprint density at radius 3 is 2.68 bits per heavy atom. The average Bonchev–Trinajstić information content (AvgIpc) is 2.72. The lowest BCUT2D eigenvalue weighted by atomic mass is 9.99. The number of nitrogens with zero attached hydrogens (tertiary/aromatic N) is 1. The summed E-state index contributed by atoms with van der Waals surface area (Å²) in [6.07, 6.45) is 0.733. The second kappa shape index (κ2) is 5.84. The van der Waals surface area contributed by atoms with Crippen LogP contribution in [-0.2, 0) is 9.59 Å². The first-order valence-electron chi connectivity index (χ1n) is 6.35. The molecule has 2 rings (SSSR count). The van der Waals surface area contributed by atoms with Crippen molar-refractivity contribution in [3.63, 3.8) is 0 Å². The third kappa shape index (κ3) is 3.12. The van der Waals surface area contributed by atoms with E-state index in [-0.39, 0.29) is 18.5 Å². The van der Waals surface area contributed by atoms with Crippen LogP contribution in [0.5, 0.6) is 0 Å². The van der Waals surface area contributed by atoms with Gasteiger partial charge < -0.3 is 15.3 Å². The van der Waals surface area contributed by atoms with Crippen LogP contribution in [0.15, 0.2) is 30.3 Å². The third-order valence-corrected chi connectivity index (χ3v) is 3.50. The number of carbonyl (C=O) groups excluding carboxylic acids is 1. The molecule has 0 radical (unpaired) electrons. The molecule has 0 aliphatic carbocycles. The van der Waals surface area contributed by atoms with Crippen molar-refractivity contribution in [2.24, 2.45) is 0 Å². The highest BCUT2D eigenvalue weighted by Crippen LogP contribution is 2.16. The fourth-order valence-electron chi connectivity index (χ4n) is 2.31. The maximum absolute atomic E-state index is 11.7. The van der Waals surface area contributed by atoms with Gasteiger partial charge in [0.1, 0.15) is 0 Å². The monoisotopic (exact) mass is 262 g/mol. The van der Waals surface area contributed by atoms with Crippen molar-refractivity contribution in [2.45, 2.75) is 18.4 Å². The Labute approximate surface area is 112 Å². The average molecular weight is 262 g/mol. The Hall–Kier alpha value is -1.88. The summed E-state index contributed by atoms with van der Waals surface area (Å²) in [5.41, 5.74) is 0.751. The molecular weight excluding hydrogens is 244 g/mol. The first kappa shape index (κ1) is 13.5. The molecule has 1 aromatic carbocycles. The highest BCUT2D eigenvalue weighted by atomic mass is 16.4. The second-order valence-electron chi connectivity index (χ2n) is 4.81. The van der Waals surface area contributed by atoms with Crippen molar-refractivity contribution < 1.29 is 14.7 Å². The number of benzene rings is 1. The molecule has 1 aliphatic rings. The largest absolute Gasteiger partial charge is 0.481 e. The van der Waals surface area contributed by atoms with E-state index in [4.69, 9.17) is 0 Å². The van der Waals surface area contributed by atoms with Crippen LogP contribution in [0, 0.1) is 0 Å². The number of hydrogen-bond donors (Lipinski definition) is 2. The second-order valence-corrected chi connectivity index (χ2v) is 4.81. The van der Waals surface area contributed by atoms with E-state index in [9.17, 15) is 14.7 Å². The summed E-state index contributed by atoms with van der Waals surface area (Å²) >= 11 is 0. The first-order valence-corrected chi connectivity index (χ1v) is 6.35. The SMILES string of the molecule is CN1CCC(NCC(C(=O)O)c2ccccc2)C1=O. The third-order valence-electron chi connectivity index (χ3n) is 3.50. The molecule has 0 spiro atoms. The van der Waals surface area contributed by atoms with E-state index in [1.54, 1.807) is 24.1 Å². The number of aliphatic carboxylic acids is 1. The molecule has 0 aromatic heterocycles. The van der Waals surface area contributed by atoms with Crippen LogP contribution >= 0.6 is 0 Å². The standard InChI is InChI=1S/C14H18N2O3/c1-16-8-7-12(13(16)17)15-9-11(14(18)19)10-5-3-2-4-6-10/h2-6,11-12,15H,7-9H2,1H3,(H,18,19). The van der Waals surface area contributed by atoms with Crippen molar-refractivity contribution in [1.82, 2.24) is 10.2 Å². The number of carbonyl (C=O) groups is 2. The van der Waals surface area contributed by atoms with Crippen molar-refractivity contribution in [1.29, 1.82) is 0 Å². The molecule has 0 bridgehead atoms. The molecule has 1 heterocycles.